The number of anilines is 2. The first-order chi connectivity index (χ1) is 13.9. The Hall–Kier alpha value is -3.51. The SMILES string of the molecule is CC(=O)N1CCN(Cc2cc(F)cc(NC(=O)Nc3ccc(C#N)nc3)c2)CC1. The Morgan fingerprint density at radius 2 is 1.86 bits per heavy atom. The first kappa shape index (κ1) is 20.2. The quantitative estimate of drug-likeness (QED) is 0.826. The first-order valence-electron chi connectivity index (χ1n) is 9.14. The molecule has 2 N–H and O–H groups in total. The zero-order valence-corrected chi connectivity index (χ0v) is 16.0. The van der Waals surface area contributed by atoms with Crippen molar-refractivity contribution in [3.8, 4) is 6.07 Å². The van der Waals surface area contributed by atoms with Crippen molar-refractivity contribution in [2.75, 3.05) is 36.8 Å². The minimum Gasteiger partial charge on any atom is -0.340 e. The zero-order chi connectivity index (χ0) is 20.8. The highest BCUT2D eigenvalue weighted by Crippen LogP contribution is 2.17. The van der Waals surface area contributed by atoms with Crippen molar-refractivity contribution in [2.24, 2.45) is 0 Å². The average molecular weight is 396 g/mol. The predicted molar refractivity (Wildman–Crippen MR) is 106 cm³/mol. The molecule has 2 heterocycles. The summed E-state index contributed by atoms with van der Waals surface area (Å²) in [5.74, 6) is -0.384. The van der Waals surface area contributed by atoms with Gasteiger partial charge in [0.2, 0.25) is 5.91 Å². The van der Waals surface area contributed by atoms with E-state index >= 15 is 0 Å². The number of aromatic nitrogens is 1. The van der Waals surface area contributed by atoms with Crippen LogP contribution in [0.3, 0.4) is 0 Å². The summed E-state index contributed by atoms with van der Waals surface area (Å²) in [6.07, 6.45) is 1.37. The topological polar surface area (TPSA) is 101 Å². The lowest BCUT2D eigenvalue weighted by Gasteiger charge is -2.34. The van der Waals surface area contributed by atoms with Crippen LogP contribution in [0, 0.1) is 17.1 Å². The van der Waals surface area contributed by atoms with E-state index in [0.29, 0.717) is 44.1 Å². The maximum atomic E-state index is 14.0. The summed E-state index contributed by atoms with van der Waals surface area (Å²) < 4.78 is 14.0. The molecule has 1 aromatic heterocycles. The second-order valence-electron chi connectivity index (χ2n) is 6.75. The molecular formula is C20H21FN6O2. The summed E-state index contributed by atoms with van der Waals surface area (Å²) in [4.78, 5) is 31.4. The highest BCUT2D eigenvalue weighted by Gasteiger charge is 2.19. The molecule has 0 unspecified atom stereocenters. The smallest absolute Gasteiger partial charge is 0.323 e. The van der Waals surface area contributed by atoms with Crippen molar-refractivity contribution in [3.05, 3.63) is 53.6 Å². The lowest BCUT2D eigenvalue weighted by atomic mass is 10.1. The number of nitrogens with zero attached hydrogens (tertiary/aromatic N) is 4. The van der Waals surface area contributed by atoms with Crippen molar-refractivity contribution in [1.29, 1.82) is 5.26 Å². The summed E-state index contributed by atoms with van der Waals surface area (Å²) in [6.45, 7) is 4.81. The highest BCUT2D eigenvalue weighted by atomic mass is 19.1. The Morgan fingerprint density at radius 3 is 2.48 bits per heavy atom. The van der Waals surface area contributed by atoms with Crippen molar-refractivity contribution in [1.82, 2.24) is 14.8 Å². The summed E-state index contributed by atoms with van der Waals surface area (Å²) in [5, 5.41) is 13.9. The van der Waals surface area contributed by atoms with Crippen LogP contribution in [0.4, 0.5) is 20.6 Å². The Labute approximate surface area is 167 Å². The Kier molecular flexibility index (Phi) is 6.36. The van der Waals surface area contributed by atoms with Crippen LogP contribution in [0.1, 0.15) is 18.2 Å². The van der Waals surface area contributed by atoms with E-state index in [-0.39, 0.29) is 11.6 Å². The molecule has 150 valence electrons. The van der Waals surface area contributed by atoms with E-state index in [1.54, 1.807) is 24.0 Å². The van der Waals surface area contributed by atoms with Gasteiger partial charge in [0.15, 0.2) is 0 Å². The van der Waals surface area contributed by atoms with Gasteiger partial charge < -0.3 is 15.5 Å². The van der Waals surface area contributed by atoms with Crippen LogP contribution in [-0.4, -0.2) is 52.9 Å². The normalized spacial score (nSPS) is 14.2. The number of rotatable bonds is 4. The fourth-order valence-corrected chi connectivity index (χ4v) is 3.12. The molecule has 2 aromatic rings. The molecule has 1 aromatic carbocycles. The minimum absolute atomic E-state index is 0.0605. The molecule has 0 saturated carbocycles. The van der Waals surface area contributed by atoms with Crippen molar-refractivity contribution >= 4 is 23.3 Å². The number of nitriles is 1. The third kappa shape index (κ3) is 5.73. The minimum atomic E-state index is -0.539. The number of urea groups is 1. The Morgan fingerprint density at radius 1 is 1.14 bits per heavy atom. The molecule has 0 aliphatic carbocycles. The Balaban J connectivity index is 1.59. The molecule has 1 fully saturated rings. The highest BCUT2D eigenvalue weighted by molar-refractivity contribution is 5.99. The predicted octanol–water partition coefficient (Wildman–Crippen LogP) is 2.40. The summed E-state index contributed by atoms with van der Waals surface area (Å²) >= 11 is 0. The van der Waals surface area contributed by atoms with Crippen LogP contribution in [0.25, 0.3) is 0 Å². The van der Waals surface area contributed by atoms with Crippen molar-refractivity contribution in [2.45, 2.75) is 13.5 Å². The molecule has 1 saturated heterocycles. The van der Waals surface area contributed by atoms with E-state index in [0.717, 1.165) is 5.56 Å². The number of piperazine rings is 1. The number of hydrogen-bond donors (Lipinski definition) is 2. The zero-order valence-electron chi connectivity index (χ0n) is 16.0. The van der Waals surface area contributed by atoms with E-state index in [1.807, 2.05) is 6.07 Å². The maximum Gasteiger partial charge on any atom is 0.323 e. The first-order valence-corrected chi connectivity index (χ1v) is 9.14. The van der Waals surface area contributed by atoms with Crippen molar-refractivity contribution < 1.29 is 14.0 Å². The van der Waals surface area contributed by atoms with Gasteiger partial charge in [-0.25, -0.2) is 14.2 Å². The largest absolute Gasteiger partial charge is 0.340 e. The number of halogens is 1. The van der Waals surface area contributed by atoms with Crippen LogP contribution in [-0.2, 0) is 11.3 Å². The van der Waals surface area contributed by atoms with Gasteiger partial charge in [-0.05, 0) is 35.9 Å². The Bertz CT molecular complexity index is 933. The number of amides is 3. The van der Waals surface area contributed by atoms with Crippen LogP contribution < -0.4 is 10.6 Å². The van der Waals surface area contributed by atoms with Gasteiger partial charge in [0.25, 0.3) is 0 Å². The molecule has 8 nitrogen and oxygen atoms in total. The molecule has 29 heavy (non-hydrogen) atoms. The number of carbonyl (C=O) groups excluding carboxylic acids is 2. The van der Waals surface area contributed by atoms with E-state index in [4.69, 9.17) is 5.26 Å². The van der Waals surface area contributed by atoms with Gasteiger partial charge in [0.1, 0.15) is 17.6 Å². The van der Waals surface area contributed by atoms with Gasteiger partial charge in [-0.2, -0.15) is 5.26 Å². The van der Waals surface area contributed by atoms with Crippen LogP contribution in [0.2, 0.25) is 0 Å². The van der Waals surface area contributed by atoms with Gasteiger partial charge in [-0.1, -0.05) is 0 Å². The number of carbonyl (C=O) groups is 2. The lowest BCUT2D eigenvalue weighted by molar-refractivity contribution is -0.130. The van der Waals surface area contributed by atoms with Gasteiger partial charge in [0, 0.05) is 45.3 Å². The number of benzene rings is 1. The average Bonchev–Trinajstić information content (AvgIpc) is 2.68. The van der Waals surface area contributed by atoms with Gasteiger partial charge >= 0.3 is 6.03 Å². The molecule has 0 bridgehead atoms. The third-order valence-electron chi connectivity index (χ3n) is 4.58. The second kappa shape index (κ2) is 9.12. The molecule has 3 amide bonds. The van der Waals surface area contributed by atoms with E-state index in [9.17, 15) is 14.0 Å². The molecule has 1 aliphatic heterocycles. The number of nitrogens with one attached hydrogen (secondary N) is 2. The molecule has 1 aliphatic rings. The molecular weight excluding hydrogens is 375 g/mol. The van der Waals surface area contributed by atoms with Gasteiger partial charge in [-0.3, -0.25) is 9.69 Å². The molecule has 0 spiro atoms. The van der Waals surface area contributed by atoms with Gasteiger partial charge in [0.05, 0.1) is 11.9 Å². The standard InChI is InChI=1S/C20H21FN6O2/c1-14(28)27-6-4-26(5-7-27)13-15-8-16(21)10-19(9-15)25-20(29)24-18-3-2-17(11-22)23-12-18/h2-3,8-10,12H,4-7,13H2,1H3,(H2,24,25,29). The fraction of sp³-hybridized carbons (Fsp3) is 0.300. The fourth-order valence-electron chi connectivity index (χ4n) is 3.12. The molecule has 9 heteroatoms. The van der Waals surface area contributed by atoms with Gasteiger partial charge in [-0.15, -0.1) is 0 Å². The third-order valence-corrected chi connectivity index (χ3v) is 4.58. The summed E-state index contributed by atoms with van der Waals surface area (Å²) in [7, 11) is 0. The van der Waals surface area contributed by atoms with E-state index in [2.05, 4.69) is 20.5 Å². The monoisotopic (exact) mass is 396 g/mol. The maximum absolute atomic E-state index is 14.0. The van der Waals surface area contributed by atoms with Crippen LogP contribution in [0.15, 0.2) is 36.5 Å². The number of pyridine rings is 1. The van der Waals surface area contributed by atoms with E-state index < -0.39 is 11.8 Å². The summed E-state index contributed by atoms with van der Waals surface area (Å²) in [5.41, 5.74) is 1.73. The molecule has 3 rings (SSSR count). The second-order valence-corrected chi connectivity index (χ2v) is 6.75. The van der Waals surface area contributed by atoms with Crippen LogP contribution in [0.5, 0.6) is 0 Å². The summed E-state index contributed by atoms with van der Waals surface area (Å²) in [6, 6.07) is 8.80. The molecule has 0 atom stereocenters. The molecule has 0 radical (unpaired) electrons. The lowest BCUT2D eigenvalue weighted by Crippen LogP contribution is -2.47. The van der Waals surface area contributed by atoms with Crippen molar-refractivity contribution in [3.63, 3.8) is 0 Å². The van der Waals surface area contributed by atoms with Crippen LogP contribution >= 0.6 is 0 Å². The number of hydrogen-bond acceptors (Lipinski definition) is 5. The van der Waals surface area contributed by atoms with E-state index in [1.165, 1.54) is 24.4 Å².